The maximum Gasteiger partial charge on any atom is 0.123 e. The van der Waals surface area contributed by atoms with E-state index in [1.54, 1.807) is 0 Å². The molecule has 13 heavy (non-hydrogen) atoms. The van der Waals surface area contributed by atoms with E-state index in [9.17, 15) is 4.39 Å². The van der Waals surface area contributed by atoms with Crippen molar-refractivity contribution in [3.8, 4) is 0 Å². The van der Waals surface area contributed by atoms with Crippen LogP contribution in [0.1, 0.15) is 17.2 Å². The first kappa shape index (κ1) is 11.0. The van der Waals surface area contributed by atoms with Crippen LogP contribution in [0.4, 0.5) is 4.39 Å². The Morgan fingerprint density at radius 2 is 2.15 bits per heavy atom. The van der Waals surface area contributed by atoms with Crippen LogP contribution in [-0.4, -0.2) is 6.17 Å². The molecule has 4 heteroatoms. The summed E-state index contributed by atoms with van der Waals surface area (Å²) in [6, 6.07) is 5.31. The molecule has 72 valence electrons. The van der Waals surface area contributed by atoms with Crippen LogP contribution >= 0.6 is 28.3 Å². The fraction of sp³-hybridized carbons (Fsp3) is 0.333. The Morgan fingerprint density at radius 3 is 2.85 bits per heavy atom. The number of alkyl halides is 1. The third kappa shape index (κ3) is 1.87. The average molecular weight is 267 g/mol. The summed E-state index contributed by atoms with van der Waals surface area (Å²) < 4.78 is 14.1. The van der Waals surface area contributed by atoms with Crippen molar-refractivity contribution in [3.05, 3.63) is 33.8 Å². The van der Waals surface area contributed by atoms with Crippen LogP contribution in [0.5, 0.6) is 0 Å². The number of rotatable bonds is 0. The van der Waals surface area contributed by atoms with Crippen LogP contribution in [0.15, 0.2) is 22.7 Å². The molecule has 0 aliphatic heterocycles. The van der Waals surface area contributed by atoms with Gasteiger partial charge in [0.1, 0.15) is 6.17 Å². The SMILES string of the molecule is Cl.N[C@H]1c2ccc(Br)cc2C[C@H]1F. The van der Waals surface area contributed by atoms with Gasteiger partial charge >= 0.3 is 0 Å². The lowest BCUT2D eigenvalue weighted by Gasteiger charge is -2.05. The van der Waals surface area contributed by atoms with Gasteiger partial charge in [0.05, 0.1) is 6.04 Å². The van der Waals surface area contributed by atoms with Crippen molar-refractivity contribution in [1.82, 2.24) is 0 Å². The van der Waals surface area contributed by atoms with Gasteiger partial charge in [0, 0.05) is 10.9 Å². The van der Waals surface area contributed by atoms with Crippen LogP contribution in [0.2, 0.25) is 0 Å². The van der Waals surface area contributed by atoms with Crippen LogP contribution in [0.3, 0.4) is 0 Å². The minimum Gasteiger partial charge on any atom is -0.322 e. The summed E-state index contributed by atoms with van der Waals surface area (Å²) in [5.41, 5.74) is 7.63. The van der Waals surface area contributed by atoms with E-state index in [0.717, 1.165) is 15.6 Å². The maximum absolute atomic E-state index is 13.1. The number of fused-ring (bicyclic) bond motifs is 1. The lowest BCUT2D eigenvalue weighted by Crippen LogP contribution is -2.17. The quantitative estimate of drug-likeness (QED) is 0.768. The van der Waals surface area contributed by atoms with E-state index >= 15 is 0 Å². The van der Waals surface area contributed by atoms with Gasteiger partial charge in [0.15, 0.2) is 0 Å². The molecule has 1 aromatic carbocycles. The molecule has 0 unspecified atom stereocenters. The van der Waals surface area contributed by atoms with Crippen molar-refractivity contribution >= 4 is 28.3 Å². The first-order valence-corrected chi connectivity index (χ1v) is 4.66. The topological polar surface area (TPSA) is 26.0 Å². The van der Waals surface area contributed by atoms with Crippen molar-refractivity contribution in [2.45, 2.75) is 18.6 Å². The van der Waals surface area contributed by atoms with Crippen molar-refractivity contribution in [3.63, 3.8) is 0 Å². The summed E-state index contributed by atoms with van der Waals surface area (Å²) >= 11 is 3.34. The van der Waals surface area contributed by atoms with Crippen molar-refractivity contribution in [2.75, 3.05) is 0 Å². The van der Waals surface area contributed by atoms with E-state index < -0.39 is 12.2 Å². The molecule has 0 spiro atoms. The highest BCUT2D eigenvalue weighted by atomic mass is 79.9. The fourth-order valence-corrected chi connectivity index (χ4v) is 2.02. The number of benzene rings is 1. The van der Waals surface area contributed by atoms with Gasteiger partial charge in [-0.05, 0) is 23.3 Å². The second-order valence-corrected chi connectivity index (χ2v) is 4.00. The predicted molar refractivity (Wildman–Crippen MR) is 56.9 cm³/mol. The molecular weight excluding hydrogens is 256 g/mol. The largest absolute Gasteiger partial charge is 0.322 e. The predicted octanol–water partition coefficient (Wildman–Crippen LogP) is 2.76. The minimum atomic E-state index is -0.908. The molecule has 0 fully saturated rings. The van der Waals surface area contributed by atoms with E-state index in [0.29, 0.717) is 6.42 Å². The van der Waals surface area contributed by atoms with Crippen LogP contribution in [-0.2, 0) is 6.42 Å². The summed E-state index contributed by atoms with van der Waals surface area (Å²) in [4.78, 5) is 0. The standard InChI is InChI=1S/C9H9BrFN.ClH/c10-6-1-2-7-5(3-6)4-8(11)9(7)12;/h1-3,8-9H,4,12H2;1H/t8-,9+;/m1./s1. The maximum atomic E-state index is 13.1. The molecule has 1 aromatic rings. The lowest BCUT2D eigenvalue weighted by atomic mass is 10.1. The Bertz CT molecular complexity index is 318. The molecule has 1 aliphatic rings. The minimum absolute atomic E-state index is 0. The van der Waals surface area contributed by atoms with Crippen LogP contribution in [0.25, 0.3) is 0 Å². The molecule has 0 radical (unpaired) electrons. The molecule has 0 heterocycles. The molecule has 2 rings (SSSR count). The normalized spacial score (nSPS) is 25.2. The van der Waals surface area contributed by atoms with Gasteiger partial charge in [-0.25, -0.2) is 4.39 Å². The van der Waals surface area contributed by atoms with Crippen molar-refractivity contribution in [2.24, 2.45) is 5.73 Å². The Balaban J connectivity index is 0.000000845. The van der Waals surface area contributed by atoms with Gasteiger partial charge < -0.3 is 5.73 Å². The number of hydrogen-bond donors (Lipinski definition) is 1. The number of halogens is 3. The highest BCUT2D eigenvalue weighted by molar-refractivity contribution is 9.10. The van der Waals surface area contributed by atoms with E-state index in [4.69, 9.17) is 5.73 Å². The third-order valence-corrected chi connectivity index (χ3v) is 2.76. The molecule has 1 aliphatic carbocycles. The van der Waals surface area contributed by atoms with E-state index in [-0.39, 0.29) is 12.4 Å². The molecule has 1 nitrogen and oxygen atoms in total. The second kappa shape index (κ2) is 3.95. The van der Waals surface area contributed by atoms with Crippen LogP contribution < -0.4 is 5.73 Å². The first-order valence-electron chi connectivity index (χ1n) is 3.86. The summed E-state index contributed by atoms with van der Waals surface area (Å²) in [5.74, 6) is 0. The number of nitrogens with two attached hydrogens (primary N) is 1. The zero-order chi connectivity index (χ0) is 8.72. The van der Waals surface area contributed by atoms with Gasteiger partial charge in [0.2, 0.25) is 0 Å². The van der Waals surface area contributed by atoms with Gasteiger partial charge in [0.25, 0.3) is 0 Å². The molecule has 0 amide bonds. The highest BCUT2D eigenvalue weighted by Gasteiger charge is 2.29. The van der Waals surface area contributed by atoms with Gasteiger partial charge in [-0.2, -0.15) is 0 Å². The van der Waals surface area contributed by atoms with Gasteiger partial charge in [-0.15, -0.1) is 12.4 Å². The monoisotopic (exact) mass is 265 g/mol. The highest BCUT2D eigenvalue weighted by Crippen LogP contribution is 2.33. The van der Waals surface area contributed by atoms with E-state index in [1.807, 2.05) is 18.2 Å². The molecule has 0 saturated carbocycles. The average Bonchev–Trinajstić information content (AvgIpc) is 2.28. The third-order valence-electron chi connectivity index (χ3n) is 2.27. The second-order valence-electron chi connectivity index (χ2n) is 3.09. The molecule has 0 saturated heterocycles. The Kier molecular flexibility index (Phi) is 3.33. The smallest absolute Gasteiger partial charge is 0.123 e. The van der Waals surface area contributed by atoms with Crippen molar-refractivity contribution < 1.29 is 4.39 Å². The molecule has 0 aromatic heterocycles. The number of hydrogen-bond acceptors (Lipinski definition) is 1. The summed E-state index contributed by atoms with van der Waals surface area (Å²) in [6.45, 7) is 0. The zero-order valence-corrected chi connectivity index (χ0v) is 9.24. The summed E-state index contributed by atoms with van der Waals surface area (Å²) in [6.07, 6.45) is -0.454. The van der Waals surface area contributed by atoms with Crippen LogP contribution in [0, 0.1) is 0 Å². The first-order chi connectivity index (χ1) is 5.68. The molecule has 2 atom stereocenters. The Labute approximate surface area is 91.0 Å². The van der Waals surface area contributed by atoms with E-state index in [1.165, 1.54) is 0 Å². The zero-order valence-electron chi connectivity index (χ0n) is 6.84. The van der Waals surface area contributed by atoms with Gasteiger partial charge in [-0.1, -0.05) is 22.0 Å². The lowest BCUT2D eigenvalue weighted by molar-refractivity contribution is 0.303. The molecule has 2 N–H and O–H groups in total. The Hall–Kier alpha value is -0.120. The molecular formula is C9H10BrClFN. The van der Waals surface area contributed by atoms with Crippen molar-refractivity contribution in [1.29, 1.82) is 0 Å². The van der Waals surface area contributed by atoms with Gasteiger partial charge in [-0.3, -0.25) is 0 Å². The summed E-state index contributed by atoms with van der Waals surface area (Å²) in [7, 11) is 0. The summed E-state index contributed by atoms with van der Waals surface area (Å²) in [5, 5.41) is 0. The molecule has 0 bridgehead atoms. The Morgan fingerprint density at radius 1 is 1.46 bits per heavy atom. The van der Waals surface area contributed by atoms with E-state index in [2.05, 4.69) is 15.9 Å². The fourth-order valence-electron chi connectivity index (χ4n) is 1.61.